The molecule has 0 heterocycles. The maximum Gasteiger partial charge on any atom is 0.253 e. The lowest BCUT2D eigenvalue weighted by Crippen LogP contribution is -2.36. The van der Waals surface area contributed by atoms with Gasteiger partial charge in [0.2, 0.25) is 0 Å². The monoisotopic (exact) mass is 255 g/mol. The van der Waals surface area contributed by atoms with Crippen LogP contribution in [0.1, 0.15) is 22.8 Å². The zero-order valence-corrected chi connectivity index (χ0v) is 11.5. The molecule has 1 amide bonds. The highest BCUT2D eigenvalue weighted by molar-refractivity contribution is 7.98. The van der Waals surface area contributed by atoms with Gasteiger partial charge in [-0.1, -0.05) is 0 Å². The Bertz CT molecular complexity index is 408. The van der Waals surface area contributed by atoms with Gasteiger partial charge in [-0.05, 0) is 43.9 Å². The molecule has 17 heavy (non-hydrogen) atoms. The molecule has 0 saturated heterocycles. The van der Waals surface area contributed by atoms with E-state index in [2.05, 4.69) is 0 Å². The van der Waals surface area contributed by atoms with Crippen LogP contribution >= 0.6 is 11.8 Å². The first-order valence-corrected chi connectivity index (χ1v) is 6.89. The van der Waals surface area contributed by atoms with Crippen LogP contribution in [0.2, 0.25) is 0 Å². The number of benzene rings is 1. The third-order valence-electron chi connectivity index (χ3n) is 2.79. The summed E-state index contributed by atoms with van der Waals surface area (Å²) in [6.45, 7) is 3.67. The molecule has 0 spiro atoms. The SMILES string of the molecule is CSCC(C)N(C)C(=O)c1ccc(F)c(C)c1. The van der Waals surface area contributed by atoms with Crippen molar-refractivity contribution in [2.75, 3.05) is 19.1 Å². The van der Waals surface area contributed by atoms with Crippen LogP contribution in [0.3, 0.4) is 0 Å². The normalized spacial score (nSPS) is 12.3. The Kier molecular flexibility index (Phi) is 5.00. The minimum absolute atomic E-state index is 0.0605. The van der Waals surface area contributed by atoms with Gasteiger partial charge in [0.25, 0.3) is 5.91 Å². The first-order valence-electron chi connectivity index (χ1n) is 5.49. The second kappa shape index (κ2) is 6.05. The van der Waals surface area contributed by atoms with Crippen molar-refractivity contribution in [2.45, 2.75) is 19.9 Å². The molecule has 1 aromatic rings. The van der Waals surface area contributed by atoms with E-state index >= 15 is 0 Å². The molecular weight excluding hydrogens is 237 g/mol. The number of hydrogen-bond donors (Lipinski definition) is 0. The van der Waals surface area contributed by atoms with Crippen LogP contribution in [-0.4, -0.2) is 35.9 Å². The lowest BCUT2D eigenvalue weighted by molar-refractivity contribution is 0.0757. The summed E-state index contributed by atoms with van der Waals surface area (Å²) in [5.74, 6) is 0.554. The number of hydrogen-bond acceptors (Lipinski definition) is 2. The van der Waals surface area contributed by atoms with Gasteiger partial charge in [0.15, 0.2) is 0 Å². The summed E-state index contributed by atoms with van der Waals surface area (Å²) >= 11 is 1.70. The average Bonchev–Trinajstić information content (AvgIpc) is 2.31. The van der Waals surface area contributed by atoms with Crippen molar-refractivity contribution in [1.29, 1.82) is 0 Å². The van der Waals surface area contributed by atoms with Crippen LogP contribution in [0.4, 0.5) is 4.39 Å². The fraction of sp³-hybridized carbons (Fsp3) is 0.462. The van der Waals surface area contributed by atoms with Gasteiger partial charge in [0.05, 0.1) is 0 Å². The number of rotatable bonds is 4. The molecule has 2 nitrogen and oxygen atoms in total. The Morgan fingerprint density at radius 2 is 2.18 bits per heavy atom. The van der Waals surface area contributed by atoms with Crippen LogP contribution in [0, 0.1) is 12.7 Å². The Morgan fingerprint density at radius 3 is 2.71 bits per heavy atom. The number of thioether (sulfide) groups is 1. The van der Waals surface area contributed by atoms with Crippen molar-refractivity contribution in [3.63, 3.8) is 0 Å². The largest absolute Gasteiger partial charge is 0.338 e. The maximum atomic E-state index is 13.1. The van der Waals surface area contributed by atoms with Crippen LogP contribution < -0.4 is 0 Å². The highest BCUT2D eigenvalue weighted by Crippen LogP contribution is 2.13. The quantitative estimate of drug-likeness (QED) is 0.824. The fourth-order valence-corrected chi connectivity index (χ4v) is 2.24. The minimum atomic E-state index is -0.277. The predicted octanol–water partition coefficient (Wildman–Crippen LogP) is 2.96. The minimum Gasteiger partial charge on any atom is -0.338 e. The third kappa shape index (κ3) is 3.46. The molecule has 0 aliphatic carbocycles. The van der Waals surface area contributed by atoms with E-state index in [1.807, 2.05) is 13.2 Å². The van der Waals surface area contributed by atoms with Gasteiger partial charge in [-0.3, -0.25) is 4.79 Å². The van der Waals surface area contributed by atoms with E-state index in [4.69, 9.17) is 0 Å². The molecular formula is C13H18FNOS. The summed E-state index contributed by atoms with van der Waals surface area (Å²) in [5.41, 5.74) is 1.04. The molecule has 4 heteroatoms. The van der Waals surface area contributed by atoms with Gasteiger partial charge in [-0.25, -0.2) is 4.39 Å². The second-order valence-corrected chi connectivity index (χ2v) is 5.10. The van der Waals surface area contributed by atoms with Crippen molar-refractivity contribution in [1.82, 2.24) is 4.90 Å². The topological polar surface area (TPSA) is 20.3 Å². The lowest BCUT2D eigenvalue weighted by Gasteiger charge is -2.24. The molecule has 0 bridgehead atoms. The van der Waals surface area contributed by atoms with Gasteiger partial charge in [0.1, 0.15) is 5.82 Å². The molecule has 1 unspecified atom stereocenters. The first kappa shape index (κ1) is 14.0. The predicted molar refractivity (Wildman–Crippen MR) is 71.1 cm³/mol. The van der Waals surface area contributed by atoms with Crippen LogP contribution in [0.5, 0.6) is 0 Å². The zero-order valence-electron chi connectivity index (χ0n) is 10.7. The highest BCUT2D eigenvalue weighted by Gasteiger charge is 2.17. The van der Waals surface area contributed by atoms with E-state index in [0.29, 0.717) is 11.1 Å². The molecule has 0 aliphatic heterocycles. The highest BCUT2D eigenvalue weighted by atomic mass is 32.2. The van der Waals surface area contributed by atoms with Crippen molar-refractivity contribution in [3.05, 3.63) is 35.1 Å². The summed E-state index contributed by atoms with van der Waals surface area (Å²) < 4.78 is 13.1. The van der Waals surface area contributed by atoms with Gasteiger partial charge in [0, 0.05) is 24.4 Å². The molecule has 0 aliphatic rings. The third-order valence-corrected chi connectivity index (χ3v) is 3.61. The number of nitrogens with zero attached hydrogens (tertiary/aromatic N) is 1. The maximum absolute atomic E-state index is 13.1. The Hall–Kier alpha value is -1.03. The van der Waals surface area contributed by atoms with E-state index in [0.717, 1.165) is 5.75 Å². The number of carbonyl (C=O) groups excluding carboxylic acids is 1. The zero-order chi connectivity index (χ0) is 13.0. The number of carbonyl (C=O) groups is 1. The summed E-state index contributed by atoms with van der Waals surface area (Å²) in [4.78, 5) is 13.8. The Morgan fingerprint density at radius 1 is 1.53 bits per heavy atom. The summed E-state index contributed by atoms with van der Waals surface area (Å²) in [7, 11) is 1.78. The van der Waals surface area contributed by atoms with Gasteiger partial charge >= 0.3 is 0 Å². The first-order chi connectivity index (χ1) is 7.97. The van der Waals surface area contributed by atoms with Gasteiger partial charge in [-0.2, -0.15) is 11.8 Å². The molecule has 0 N–H and O–H groups in total. The molecule has 0 saturated carbocycles. The smallest absolute Gasteiger partial charge is 0.253 e. The molecule has 1 atom stereocenters. The average molecular weight is 255 g/mol. The Labute approximate surface area is 106 Å². The van der Waals surface area contributed by atoms with E-state index in [1.54, 1.807) is 36.7 Å². The van der Waals surface area contributed by atoms with Crippen molar-refractivity contribution in [2.24, 2.45) is 0 Å². The fourth-order valence-electron chi connectivity index (χ4n) is 1.53. The molecule has 94 valence electrons. The Balaban J connectivity index is 2.85. The van der Waals surface area contributed by atoms with Crippen LogP contribution in [0.15, 0.2) is 18.2 Å². The van der Waals surface area contributed by atoms with Crippen LogP contribution in [-0.2, 0) is 0 Å². The second-order valence-electron chi connectivity index (χ2n) is 4.18. The van der Waals surface area contributed by atoms with E-state index < -0.39 is 0 Å². The summed E-state index contributed by atoms with van der Waals surface area (Å²) in [6.07, 6.45) is 2.01. The van der Waals surface area contributed by atoms with E-state index in [9.17, 15) is 9.18 Å². The number of halogens is 1. The standard InChI is InChI=1S/C13H18FNOS/c1-9-7-11(5-6-12(9)14)13(16)15(3)10(2)8-17-4/h5-7,10H,8H2,1-4H3. The van der Waals surface area contributed by atoms with Crippen molar-refractivity contribution in [3.8, 4) is 0 Å². The van der Waals surface area contributed by atoms with E-state index in [-0.39, 0.29) is 17.8 Å². The molecule has 0 radical (unpaired) electrons. The summed E-state index contributed by atoms with van der Waals surface area (Å²) in [6, 6.07) is 4.64. The molecule has 1 aromatic carbocycles. The van der Waals surface area contributed by atoms with Crippen LogP contribution in [0.25, 0.3) is 0 Å². The van der Waals surface area contributed by atoms with Gasteiger partial charge < -0.3 is 4.90 Å². The van der Waals surface area contributed by atoms with Crippen molar-refractivity contribution >= 4 is 17.7 Å². The van der Waals surface area contributed by atoms with Crippen molar-refractivity contribution < 1.29 is 9.18 Å². The van der Waals surface area contributed by atoms with Gasteiger partial charge in [-0.15, -0.1) is 0 Å². The molecule has 0 fully saturated rings. The van der Waals surface area contributed by atoms with E-state index in [1.165, 1.54) is 12.1 Å². The number of aryl methyl sites for hydroxylation is 1. The number of amides is 1. The molecule has 0 aromatic heterocycles. The lowest BCUT2D eigenvalue weighted by atomic mass is 10.1. The molecule has 1 rings (SSSR count). The summed E-state index contributed by atoms with van der Waals surface area (Å²) in [5, 5.41) is 0.